The number of benzene rings is 3. The van der Waals surface area contributed by atoms with Gasteiger partial charge in [-0.25, -0.2) is 9.59 Å². The van der Waals surface area contributed by atoms with Crippen molar-refractivity contribution in [2.45, 2.75) is 25.2 Å². The van der Waals surface area contributed by atoms with E-state index in [2.05, 4.69) is 14.8 Å². The fourth-order valence-electron chi connectivity index (χ4n) is 6.26. The molecule has 0 atom stereocenters. The monoisotopic (exact) mass is 882 g/mol. The molecule has 3 heterocycles. The van der Waals surface area contributed by atoms with E-state index in [0.29, 0.717) is 63.7 Å². The highest BCUT2D eigenvalue weighted by Crippen LogP contribution is 2.46. The van der Waals surface area contributed by atoms with Crippen LogP contribution in [0.15, 0.2) is 59.5 Å². The third-order valence-corrected chi connectivity index (χ3v) is 9.00. The van der Waals surface area contributed by atoms with Crippen molar-refractivity contribution in [3.05, 3.63) is 65.1 Å². The molecule has 6 aromatic rings. The normalized spacial score (nSPS) is 11.7. The molecule has 0 saturated heterocycles. The van der Waals surface area contributed by atoms with Crippen LogP contribution in [-0.2, 0) is 9.59 Å². The first kappa shape index (κ1) is 48.1. The minimum absolute atomic E-state index is 0.00608. The number of pyridine rings is 2. The van der Waals surface area contributed by atoms with Crippen LogP contribution in [-0.4, -0.2) is 133 Å². The number of carbonyl (C=O) groups is 2. The standard InChI is InChI=1S/C37H42N4O7.2C2HF3O2/c1-39(2)12-7-15-47-31-20-25-26(21-32(31)48-16-8-13-40(3)4)38-37(44)36-34(25)33(23-9-10-29(45-5)27(42)18-23)35-24-19-30(46-6)28(43)17-22(24)11-14-41(35)36;2*3-2(4,5)1(6)7/h9-11,14,17-21,42-43H,7-8,12-13,15-16H2,1-6H3,(H,38,44);2*(H,6,7). The van der Waals surface area contributed by atoms with Crippen molar-refractivity contribution in [3.8, 4) is 45.6 Å². The maximum atomic E-state index is 14.0. The van der Waals surface area contributed by atoms with Crippen LogP contribution in [0.2, 0.25) is 0 Å². The van der Waals surface area contributed by atoms with Crippen LogP contribution in [0.4, 0.5) is 26.3 Å². The summed E-state index contributed by atoms with van der Waals surface area (Å²) in [6.07, 6.45) is -6.71. The second kappa shape index (κ2) is 19.8. The number of ether oxygens (including phenoxy) is 4. The van der Waals surface area contributed by atoms with Gasteiger partial charge in [-0.2, -0.15) is 26.3 Å². The van der Waals surface area contributed by atoms with Crippen molar-refractivity contribution < 1.29 is 75.3 Å². The summed E-state index contributed by atoms with van der Waals surface area (Å²) in [7, 11) is 11.1. The van der Waals surface area contributed by atoms with Crippen molar-refractivity contribution in [2.24, 2.45) is 0 Å². The van der Waals surface area contributed by atoms with E-state index in [0.717, 1.165) is 47.7 Å². The molecule has 3 aromatic carbocycles. The van der Waals surface area contributed by atoms with Crippen molar-refractivity contribution in [1.29, 1.82) is 0 Å². The fourth-order valence-corrected chi connectivity index (χ4v) is 6.26. The van der Waals surface area contributed by atoms with E-state index in [1.54, 1.807) is 24.3 Å². The van der Waals surface area contributed by atoms with Gasteiger partial charge in [-0.3, -0.25) is 4.79 Å². The summed E-state index contributed by atoms with van der Waals surface area (Å²) in [4.78, 5) is 39.1. The Labute approximate surface area is 348 Å². The number of phenolic OH excluding ortho intramolecular Hbond substituents is 2. The highest BCUT2D eigenvalue weighted by atomic mass is 19.4. The first-order valence-electron chi connectivity index (χ1n) is 18.4. The number of aromatic amines is 1. The van der Waals surface area contributed by atoms with Crippen molar-refractivity contribution in [3.63, 3.8) is 0 Å². The Morgan fingerprint density at radius 3 is 1.68 bits per heavy atom. The maximum absolute atomic E-state index is 14.0. The fraction of sp³-hybridized carbons (Fsp3) is 0.341. The summed E-state index contributed by atoms with van der Waals surface area (Å²) >= 11 is 0. The van der Waals surface area contributed by atoms with Gasteiger partial charge in [0.05, 0.1) is 38.5 Å². The number of aromatic nitrogens is 2. The van der Waals surface area contributed by atoms with Gasteiger partial charge >= 0.3 is 24.3 Å². The third-order valence-electron chi connectivity index (χ3n) is 9.00. The quantitative estimate of drug-likeness (QED) is 0.0582. The van der Waals surface area contributed by atoms with Crippen molar-refractivity contribution in [1.82, 2.24) is 19.2 Å². The van der Waals surface area contributed by atoms with E-state index in [4.69, 9.17) is 38.7 Å². The topological polar surface area (TPSA) is 196 Å². The summed E-state index contributed by atoms with van der Waals surface area (Å²) < 4.78 is 88.8. The average molecular weight is 883 g/mol. The van der Waals surface area contributed by atoms with Gasteiger partial charge < -0.3 is 58.6 Å². The first-order valence-corrected chi connectivity index (χ1v) is 18.4. The van der Waals surface area contributed by atoms with Crippen molar-refractivity contribution >= 4 is 50.0 Å². The summed E-state index contributed by atoms with van der Waals surface area (Å²) in [5, 5.41) is 38.7. The van der Waals surface area contributed by atoms with Crippen LogP contribution >= 0.6 is 0 Å². The molecule has 0 saturated carbocycles. The number of H-pyrrole nitrogens is 1. The molecule has 0 aliphatic rings. The number of nitrogens with zero attached hydrogens (tertiary/aromatic N) is 3. The predicted molar refractivity (Wildman–Crippen MR) is 217 cm³/mol. The van der Waals surface area contributed by atoms with E-state index < -0.39 is 24.3 Å². The Hall–Kier alpha value is -6.61. The number of alkyl halides is 6. The van der Waals surface area contributed by atoms with Gasteiger partial charge in [0.1, 0.15) is 5.52 Å². The molecule has 336 valence electrons. The van der Waals surface area contributed by atoms with Crippen molar-refractivity contribution in [2.75, 3.05) is 68.7 Å². The number of halogens is 6. The lowest BCUT2D eigenvalue weighted by Crippen LogP contribution is -2.21. The molecular formula is C41H44F6N4O11. The minimum atomic E-state index is -5.08. The molecule has 62 heavy (non-hydrogen) atoms. The van der Waals surface area contributed by atoms with E-state index >= 15 is 0 Å². The number of phenols is 2. The van der Waals surface area contributed by atoms with E-state index in [-0.39, 0.29) is 17.1 Å². The molecule has 0 amide bonds. The first-order chi connectivity index (χ1) is 29.0. The molecule has 0 spiro atoms. The second-order valence-corrected chi connectivity index (χ2v) is 14.0. The molecule has 0 bridgehead atoms. The van der Waals surface area contributed by atoms with E-state index in [1.165, 1.54) is 14.2 Å². The number of carboxylic acid groups (broad SMARTS) is 2. The minimum Gasteiger partial charge on any atom is -0.504 e. The zero-order chi connectivity index (χ0) is 46.3. The van der Waals surface area contributed by atoms with Gasteiger partial charge in [-0.15, -0.1) is 0 Å². The summed E-state index contributed by atoms with van der Waals surface area (Å²) in [6.45, 7) is 2.70. The molecule has 6 rings (SSSR count). The largest absolute Gasteiger partial charge is 0.504 e. The number of aromatic hydroxyl groups is 2. The third kappa shape index (κ3) is 11.4. The van der Waals surface area contributed by atoms with Crippen LogP contribution in [0.25, 0.3) is 49.2 Å². The number of aliphatic carboxylic acids is 2. The number of hydrogen-bond acceptors (Lipinski definition) is 11. The maximum Gasteiger partial charge on any atom is 0.490 e. The highest BCUT2D eigenvalue weighted by molar-refractivity contribution is 6.22. The summed E-state index contributed by atoms with van der Waals surface area (Å²) in [5.41, 5.74) is 2.82. The molecule has 0 fully saturated rings. The summed E-state index contributed by atoms with van der Waals surface area (Å²) in [6, 6.07) is 14.2. The van der Waals surface area contributed by atoms with Gasteiger partial charge in [0.2, 0.25) is 0 Å². The number of fused-ring (bicyclic) bond motifs is 7. The number of carboxylic acids is 2. The Bertz CT molecular complexity index is 2600. The lowest BCUT2D eigenvalue weighted by Gasteiger charge is -2.16. The molecule has 0 unspecified atom stereocenters. The van der Waals surface area contributed by atoms with Crippen LogP contribution < -0.4 is 24.5 Å². The Morgan fingerprint density at radius 1 is 0.694 bits per heavy atom. The number of hydrogen-bond donors (Lipinski definition) is 5. The molecule has 3 aromatic heterocycles. The highest BCUT2D eigenvalue weighted by Gasteiger charge is 2.39. The molecule has 15 nitrogen and oxygen atoms in total. The number of nitrogens with one attached hydrogen (secondary N) is 1. The van der Waals surface area contributed by atoms with E-state index in [1.807, 2.05) is 63.1 Å². The smallest absolute Gasteiger partial charge is 0.490 e. The lowest BCUT2D eigenvalue weighted by molar-refractivity contribution is -0.193. The van der Waals surface area contributed by atoms with Crippen LogP contribution in [0.3, 0.4) is 0 Å². The number of methoxy groups -OCH3 is 2. The molecule has 21 heteroatoms. The van der Waals surface area contributed by atoms with Gasteiger partial charge in [-0.05, 0) is 88.4 Å². The molecular weight excluding hydrogens is 838 g/mol. The second-order valence-electron chi connectivity index (χ2n) is 14.0. The zero-order valence-corrected chi connectivity index (χ0v) is 34.2. The molecule has 0 aliphatic carbocycles. The predicted octanol–water partition coefficient (Wildman–Crippen LogP) is 7.11. The number of rotatable bonds is 13. The van der Waals surface area contributed by atoms with E-state index in [9.17, 15) is 41.4 Å². The Kier molecular flexibility index (Phi) is 15.4. The SMILES string of the molecule is COc1ccc(-c2c3c4cc(OCCCN(C)C)c(OCCCN(C)C)cc4[nH]c(=O)c3n3ccc4cc(O)c(OC)cc4c23)cc1O.O=C(O)C(F)(F)F.O=C(O)C(F)(F)F. The Morgan fingerprint density at radius 2 is 1.19 bits per heavy atom. The van der Waals surface area contributed by atoms with Crippen LogP contribution in [0.5, 0.6) is 34.5 Å². The van der Waals surface area contributed by atoms with Gasteiger partial charge in [0, 0.05) is 47.1 Å². The van der Waals surface area contributed by atoms with Gasteiger partial charge in [0.15, 0.2) is 34.5 Å². The molecule has 0 aliphatic heterocycles. The van der Waals surface area contributed by atoms with Crippen LogP contribution in [0, 0.1) is 0 Å². The average Bonchev–Trinajstić information content (AvgIpc) is 3.54. The van der Waals surface area contributed by atoms with Gasteiger partial charge in [-0.1, -0.05) is 6.07 Å². The lowest BCUT2D eigenvalue weighted by atomic mass is 9.97. The molecule has 0 radical (unpaired) electrons. The Balaban J connectivity index is 0.000000521. The summed E-state index contributed by atoms with van der Waals surface area (Å²) in [5.74, 6) is -3.78. The molecule has 5 N–H and O–H groups in total. The zero-order valence-electron chi connectivity index (χ0n) is 34.2. The van der Waals surface area contributed by atoms with Gasteiger partial charge in [0.25, 0.3) is 5.56 Å². The van der Waals surface area contributed by atoms with Crippen LogP contribution in [0.1, 0.15) is 12.8 Å².